The number of hydrogen-bond donors (Lipinski definition) is 0. The van der Waals surface area contributed by atoms with E-state index in [1.165, 1.54) is 0 Å². The predicted molar refractivity (Wildman–Crippen MR) is 114 cm³/mol. The third-order valence-electron chi connectivity index (χ3n) is 4.92. The molecule has 0 N–H and O–H groups in total. The van der Waals surface area contributed by atoms with Gasteiger partial charge in [-0.2, -0.15) is 4.31 Å². The zero-order valence-corrected chi connectivity index (χ0v) is 18.1. The van der Waals surface area contributed by atoms with Crippen LogP contribution in [0.1, 0.15) is 37.7 Å². The van der Waals surface area contributed by atoms with E-state index in [0.717, 1.165) is 28.1 Å². The zero-order valence-electron chi connectivity index (χ0n) is 16.5. The van der Waals surface area contributed by atoms with Crippen LogP contribution in [0.4, 0.5) is 0 Å². The average Bonchev–Trinajstić information content (AvgIpc) is 3.36. The third kappa shape index (κ3) is 3.84. The Morgan fingerprint density at radius 3 is 2.62 bits per heavy atom. The van der Waals surface area contributed by atoms with Gasteiger partial charge in [0.1, 0.15) is 5.01 Å². The minimum absolute atomic E-state index is 0.220. The highest BCUT2D eigenvalue weighted by Gasteiger charge is 2.38. The summed E-state index contributed by atoms with van der Waals surface area (Å²) in [4.78, 5) is 4.93. The second kappa shape index (κ2) is 8.30. The zero-order chi connectivity index (χ0) is 20.4. The fourth-order valence-corrected chi connectivity index (χ4v) is 6.49. The molecule has 0 bridgehead atoms. The number of hydrogen-bond acceptors (Lipinski definition) is 6. The smallest absolute Gasteiger partial charge is 0.243 e. The van der Waals surface area contributed by atoms with Crippen LogP contribution in [0, 0.1) is 0 Å². The van der Waals surface area contributed by atoms with Gasteiger partial charge in [0.15, 0.2) is 11.5 Å². The predicted octanol–water partition coefficient (Wildman–Crippen LogP) is 4.62. The van der Waals surface area contributed by atoms with Gasteiger partial charge in [0.2, 0.25) is 10.0 Å². The first-order chi connectivity index (χ1) is 14.0. The maximum absolute atomic E-state index is 13.5. The van der Waals surface area contributed by atoms with Crippen molar-refractivity contribution in [1.29, 1.82) is 0 Å². The van der Waals surface area contributed by atoms with Gasteiger partial charge in [0, 0.05) is 12.6 Å². The van der Waals surface area contributed by atoms with Gasteiger partial charge in [-0.3, -0.25) is 0 Å². The summed E-state index contributed by atoms with van der Waals surface area (Å²) >= 11 is 1.57. The highest BCUT2D eigenvalue weighted by Crippen LogP contribution is 2.40. The number of rotatable bonds is 7. The van der Waals surface area contributed by atoms with Gasteiger partial charge >= 0.3 is 0 Å². The molecule has 154 valence electrons. The normalized spacial score (nSPS) is 17.7. The Morgan fingerprint density at radius 2 is 1.86 bits per heavy atom. The van der Waals surface area contributed by atoms with Gasteiger partial charge in [0.25, 0.3) is 0 Å². The van der Waals surface area contributed by atoms with Gasteiger partial charge in [-0.15, -0.1) is 11.3 Å². The SMILES string of the molecule is CCOc1ccc(S(=O)(=O)N2CCC[C@H]2c2nc3ccccc3s2)cc1OCC. The maximum Gasteiger partial charge on any atom is 0.243 e. The van der Waals surface area contributed by atoms with E-state index in [1.807, 2.05) is 38.1 Å². The molecule has 2 heterocycles. The van der Waals surface area contributed by atoms with Crippen LogP contribution in [0.25, 0.3) is 10.2 Å². The van der Waals surface area contributed by atoms with E-state index in [4.69, 9.17) is 14.5 Å². The lowest BCUT2D eigenvalue weighted by molar-refractivity contribution is 0.287. The molecule has 3 aromatic rings. The number of para-hydroxylation sites is 1. The van der Waals surface area contributed by atoms with Crippen LogP contribution >= 0.6 is 11.3 Å². The van der Waals surface area contributed by atoms with Crippen molar-refractivity contribution >= 4 is 31.6 Å². The van der Waals surface area contributed by atoms with Crippen LogP contribution in [-0.4, -0.2) is 37.5 Å². The Kier molecular flexibility index (Phi) is 5.76. The molecule has 1 aliphatic heterocycles. The standard InChI is InChI=1S/C21H24N2O4S2/c1-3-26-18-12-11-15(14-19(18)27-4-2)29(24,25)23-13-7-9-17(23)21-22-16-8-5-6-10-20(16)28-21/h5-6,8,10-12,14,17H,3-4,7,9,13H2,1-2H3/t17-/m0/s1. The van der Waals surface area contributed by atoms with Crippen LogP contribution in [0.3, 0.4) is 0 Å². The first kappa shape index (κ1) is 20.1. The van der Waals surface area contributed by atoms with Crippen LogP contribution in [-0.2, 0) is 10.0 Å². The van der Waals surface area contributed by atoms with Crippen LogP contribution in [0.5, 0.6) is 11.5 Å². The Morgan fingerprint density at radius 1 is 1.10 bits per heavy atom. The maximum atomic E-state index is 13.5. The van der Waals surface area contributed by atoms with Gasteiger partial charge in [-0.05, 0) is 51.0 Å². The topological polar surface area (TPSA) is 68.7 Å². The molecule has 8 heteroatoms. The van der Waals surface area contributed by atoms with Crippen molar-refractivity contribution in [3.8, 4) is 11.5 Å². The number of nitrogens with zero attached hydrogens (tertiary/aromatic N) is 2. The van der Waals surface area contributed by atoms with Crippen molar-refractivity contribution in [2.24, 2.45) is 0 Å². The molecule has 0 amide bonds. The minimum atomic E-state index is -3.68. The Bertz CT molecular complexity index is 1080. The second-order valence-corrected chi connectivity index (χ2v) is 9.72. The summed E-state index contributed by atoms with van der Waals surface area (Å²) in [6.45, 7) is 5.15. The highest BCUT2D eigenvalue weighted by molar-refractivity contribution is 7.89. The van der Waals surface area contributed by atoms with Crippen molar-refractivity contribution in [3.05, 3.63) is 47.5 Å². The fourth-order valence-electron chi connectivity index (χ4n) is 3.63. The van der Waals surface area contributed by atoms with Gasteiger partial charge in [-0.25, -0.2) is 13.4 Å². The van der Waals surface area contributed by atoms with Crippen LogP contribution in [0.15, 0.2) is 47.4 Å². The molecule has 1 aliphatic rings. The molecule has 1 atom stereocenters. The lowest BCUT2D eigenvalue weighted by Gasteiger charge is -2.23. The molecule has 1 fully saturated rings. The molecule has 4 rings (SSSR count). The van der Waals surface area contributed by atoms with Crippen LogP contribution in [0.2, 0.25) is 0 Å². The van der Waals surface area contributed by atoms with Crippen molar-refractivity contribution in [3.63, 3.8) is 0 Å². The Labute approximate surface area is 175 Å². The minimum Gasteiger partial charge on any atom is -0.490 e. The average molecular weight is 433 g/mol. The van der Waals surface area contributed by atoms with Crippen molar-refractivity contribution in [2.45, 2.75) is 37.6 Å². The van der Waals surface area contributed by atoms with Crippen LogP contribution < -0.4 is 9.47 Å². The molecule has 1 aromatic heterocycles. The lowest BCUT2D eigenvalue weighted by atomic mass is 10.2. The van der Waals surface area contributed by atoms with E-state index in [2.05, 4.69) is 0 Å². The van der Waals surface area contributed by atoms with Crippen molar-refractivity contribution in [1.82, 2.24) is 9.29 Å². The highest BCUT2D eigenvalue weighted by atomic mass is 32.2. The van der Waals surface area contributed by atoms with E-state index in [9.17, 15) is 8.42 Å². The first-order valence-corrected chi connectivity index (χ1v) is 12.1. The first-order valence-electron chi connectivity index (χ1n) is 9.81. The molecule has 0 radical (unpaired) electrons. The molecule has 6 nitrogen and oxygen atoms in total. The molecule has 1 saturated heterocycles. The summed E-state index contributed by atoms with van der Waals surface area (Å²) in [6, 6.07) is 12.5. The monoisotopic (exact) mass is 432 g/mol. The van der Waals surface area contributed by atoms with E-state index in [-0.39, 0.29) is 10.9 Å². The summed E-state index contributed by atoms with van der Waals surface area (Å²) in [7, 11) is -3.68. The second-order valence-electron chi connectivity index (χ2n) is 6.77. The molecule has 0 saturated carbocycles. The summed E-state index contributed by atoms with van der Waals surface area (Å²) in [5.74, 6) is 1.00. The molecule has 29 heavy (non-hydrogen) atoms. The number of benzene rings is 2. The van der Waals surface area contributed by atoms with E-state index in [0.29, 0.717) is 31.3 Å². The number of sulfonamides is 1. The summed E-state index contributed by atoms with van der Waals surface area (Å²) in [5, 5.41) is 0.850. The number of ether oxygens (including phenoxy) is 2. The number of fused-ring (bicyclic) bond motifs is 1. The molecule has 2 aromatic carbocycles. The molecule has 0 unspecified atom stereocenters. The largest absolute Gasteiger partial charge is 0.490 e. The fraction of sp³-hybridized carbons (Fsp3) is 0.381. The van der Waals surface area contributed by atoms with E-state index in [1.54, 1.807) is 33.8 Å². The molecule has 0 aliphatic carbocycles. The van der Waals surface area contributed by atoms with Gasteiger partial charge in [0.05, 0.1) is 34.4 Å². The third-order valence-corrected chi connectivity index (χ3v) is 7.96. The summed E-state index contributed by atoms with van der Waals surface area (Å²) in [5.41, 5.74) is 0.913. The van der Waals surface area contributed by atoms with Gasteiger partial charge < -0.3 is 9.47 Å². The van der Waals surface area contributed by atoms with Gasteiger partial charge in [-0.1, -0.05) is 12.1 Å². The molecular formula is C21H24N2O4S2. The van der Waals surface area contributed by atoms with E-state index >= 15 is 0 Å². The summed E-state index contributed by atoms with van der Waals surface area (Å²) in [6.07, 6.45) is 1.59. The molecule has 0 spiro atoms. The Balaban J connectivity index is 1.69. The number of thiazole rings is 1. The number of aromatic nitrogens is 1. The Hall–Kier alpha value is -2.16. The van der Waals surface area contributed by atoms with Crippen molar-refractivity contribution < 1.29 is 17.9 Å². The van der Waals surface area contributed by atoms with Crippen molar-refractivity contribution in [2.75, 3.05) is 19.8 Å². The lowest BCUT2D eigenvalue weighted by Crippen LogP contribution is -2.30. The molecular weight excluding hydrogens is 408 g/mol. The van der Waals surface area contributed by atoms with E-state index < -0.39 is 10.0 Å². The summed E-state index contributed by atoms with van der Waals surface area (Å²) < 4.78 is 40.8. The quantitative estimate of drug-likeness (QED) is 0.545.